The van der Waals surface area contributed by atoms with Gasteiger partial charge in [0.25, 0.3) is 5.91 Å². The molecule has 1 fully saturated rings. The number of pyridine rings is 1. The molecule has 18 heavy (non-hydrogen) atoms. The van der Waals surface area contributed by atoms with Gasteiger partial charge in [0.05, 0.1) is 7.11 Å². The van der Waals surface area contributed by atoms with Crippen LogP contribution < -0.4 is 4.74 Å². The monoisotopic (exact) mass is 268 g/mol. The molecule has 1 aliphatic rings. The molecule has 5 heteroatoms. The fraction of sp³-hybridized carbons (Fsp3) is 0.538. The molecule has 0 saturated carbocycles. The third-order valence-electron chi connectivity index (χ3n) is 3.29. The Morgan fingerprint density at radius 3 is 3.22 bits per heavy atom. The fourth-order valence-electron chi connectivity index (χ4n) is 2.29. The summed E-state index contributed by atoms with van der Waals surface area (Å²) in [5, 5.41) is 0. The van der Waals surface area contributed by atoms with Crippen LogP contribution in [-0.4, -0.2) is 41.9 Å². The molecule has 1 aliphatic heterocycles. The Labute approximate surface area is 112 Å². The topological polar surface area (TPSA) is 42.4 Å². The lowest BCUT2D eigenvalue weighted by Gasteiger charge is -2.17. The van der Waals surface area contributed by atoms with Crippen LogP contribution in [-0.2, 0) is 0 Å². The lowest BCUT2D eigenvalue weighted by atomic mass is 10.1. The molecule has 0 aliphatic carbocycles. The van der Waals surface area contributed by atoms with Gasteiger partial charge in [-0.25, -0.2) is 4.98 Å². The second kappa shape index (κ2) is 6.05. The van der Waals surface area contributed by atoms with E-state index in [9.17, 15) is 4.79 Å². The first-order chi connectivity index (χ1) is 8.76. The van der Waals surface area contributed by atoms with Crippen LogP contribution in [0.2, 0.25) is 0 Å². The minimum absolute atomic E-state index is 0.00276. The molecule has 1 aromatic rings. The van der Waals surface area contributed by atoms with Gasteiger partial charge in [-0.2, -0.15) is 0 Å². The first-order valence-electron chi connectivity index (χ1n) is 6.10. The van der Waals surface area contributed by atoms with Crippen LogP contribution in [0.4, 0.5) is 0 Å². The highest BCUT2D eigenvalue weighted by molar-refractivity contribution is 6.17. The van der Waals surface area contributed by atoms with Gasteiger partial charge in [-0.1, -0.05) is 0 Å². The molecule has 0 bridgehead atoms. The Bertz CT molecular complexity index is 425. The molecule has 0 N–H and O–H groups in total. The van der Waals surface area contributed by atoms with Crippen molar-refractivity contribution in [1.29, 1.82) is 0 Å². The summed E-state index contributed by atoms with van der Waals surface area (Å²) in [5.41, 5.74) is 0.534. The molecular weight excluding hydrogens is 252 g/mol. The Morgan fingerprint density at radius 1 is 1.67 bits per heavy atom. The van der Waals surface area contributed by atoms with Crippen molar-refractivity contribution in [3.05, 3.63) is 23.9 Å². The van der Waals surface area contributed by atoms with Gasteiger partial charge in [0.15, 0.2) is 0 Å². The van der Waals surface area contributed by atoms with Gasteiger partial charge in [-0.05, 0) is 30.9 Å². The molecule has 0 radical (unpaired) electrons. The van der Waals surface area contributed by atoms with Crippen LogP contribution >= 0.6 is 11.6 Å². The van der Waals surface area contributed by atoms with Crippen LogP contribution in [0.1, 0.15) is 23.2 Å². The van der Waals surface area contributed by atoms with Crippen molar-refractivity contribution in [2.45, 2.75) is 12.8 Å². The predicted octanol–water partition coefficient (Wildman–Crippen LogP) is 2.18. The van der Waals surface area contributed by atoms with E-state index in [1.807, 2.05) is 4.90 Å². The van der Waals surface area contributed by atoms with Crippen molar-refractivity contribution in [2.24, 2.45) is 5.92 Å². The van der Waals surface area contributed by atoms with Crippen LogP contribution in [0.15, 0.2) is 18.3 Å². The van der Waals surface area contributed by atoms with E-state index in [2.05, 4.69) is 4.98 Å². The number of rotatable bonds is 4. The SMILES string of the molecule is COc1ncccc1C(=O)N1CCC(CCCl)C1. The molecule has 1 amide bonds. The van der Waals surface area contributed by atoms with Gasteiger partial charge in [-0.15, -0.1) is 11.6 Å². The number of nitrogens with zero attached hydrogens (tertiary/aromatic N) is 2. The predicted molar refractivity (Wildman–Crippen MR) is 70.1 cm³/mol. The van der Waals surface area contributed by atoms with Gasteiger partial charge in [0, 0.05) is 25.2 Å². The lowest BCUT2D eigenvalue weighted by molar-refractivity contribution is 0.0782. The van der Waals surface area contributed by atoms with Crippen LogP contribution in [0.5, 0.6) is 5.88 Å². The summed E-state index contributed by atoms with van der Waals surface area (Å²) in [6.07, 6.45) is 3.62. The highest BCUT2D eigenvalue weighted by atomic mass is 35.5. The molecule has 0 aromatic carbocycles. The number of ether oxygens (including phenoxy) is 1. The van der Waals surface area contributed by atoms with Crippen molar-refractivity contribution in [3.63, 3.8) is 0 Å². The van der Waals surface area contributed by atoms with E-state index < -0.39 is 0 Å². The Morgan fingerprint density at radius 2 is 2.50 bits per heavy atom. The summed E-state index contributed by atoms with van der Waals surface area (Å²) in [7, 11) is 1.53. The first-order valence-corrected chi connectivity index (χ1v) is 6.64. The van der Waals surface area contributed by atoms with E-state index in [4.69, 9.17) is 16.3 Å². The highest BCUT2D eigenvalue weighted by Gasteiger charge is 2.28. The Kier molecular flexibility index (Phi) is 4.42. The zero-order chi connectivity index (χ0) is 13.0. The van der Waals surface area contributed by atoms with E-state index in [-0.39, 0.29) is 5.91 Å². The minimum Gasteiger partial charge on any atom is -0.480 e. The molecule has 2 rings (SSSR count). The second-order valence-electron chi connectivity index (χ2n) is 4.44. The fourth-order valence-corrected chi connectivity index (χ4v) is 2.60. The second-order valence-corrected chi connectivity index (χ2v) is 4.82. The summed E-state index contributed by atoms with van der Waals surface area (Å²) >= 11 is 5.74. The summed E-state index contributed by atoms with van der Waals surface area (Å²) in [6, 6.07) is 3.51. The highest BCUT2D eigenvalue weighted by Crippen LogP contribution is 2.24. The number of halogens is 1. The molecular formula is C13H17ClN2O2. The van der Waals surface area contributed by atoms with Crippen molar-refractivity contribution in [3.8, 4) is 5.88 Å². The quantitative estimate of drug-likeness (QED) is 0.786. The number of carbonyl (C=O) groups excluding carboxylic acids is 1. The van der Waals surface area contributed by atoms with E-state index in [1.165, 1.54) is 7.11 Å². The molecule has 0 spiro atoms. The maximum Gasteiger partial charge on any atom is 0.259 e. The Hall–Kier alpha value is -1.29. The molecule has 1 saturated heterocycles. The smallest absolute Gasteiger partial charge is 0.259 e. The van der Waals surface area contributed by atoms with Crippen LogP contribution in [0.25, 0.3) is 0 Å². The molecule has 1 atom stereocenters. The molecule has 4 nitrogen and oxygen atoms in total. The van der Waals surface area contributed by atoms with Gasteiger partial charge in [0.2, 0.25) is 5.88 Å². The molecule has 98 valence electrons. The minimum atomic E-state index is -0.00276. The average Bonchev–Trinajstić information content (AvgIpc) is 2.87. The van der Waals surface area contributed by atoms with Crippen molar-refractivity contribution in [2.75, 3.05) is 26.1 Å². The van der Waals surface area contributed by atoms with E-state index in [0.717, 1.165) is 25.9 Å². The van der Waals surface area contributed by atoms with Crippen molar-refractivity contribution < 1.29 is 9.53 Å². The molecule has 2 heterocycles. The summed E-state index contributed by atoms with van der Waals surface area (Å²) < 4.78 is 5.12. The van der Waals surface area contributed by atoms with Gasteiger partial charge >= 0.3 is 0 Å². The summed E-state index contributed by atoms with van der Waals surface area (Å²) in [5.74, 6) is 1.57. The Balaban J connectivity index is 2.08. The zero-order valence-corrected chi connectivity index (χ0v) is 11.2. The van der Waals surface area contributed by atoms with Crippen molar-refractivity contribution in [1.82, 2.24) is 9.88 Å². The number of methoxy groups -OCH3 is 1. The zero-order valence-electron chi connectivity index (χ0n) is 10.4. The normalized spacial score (nSPS) is 19.0. The number of likely N-dealkylation sites (tertiary alicyclic amines) is 1. The lowest BCUT2D eigenvalue weighted by Crippen LogP contribution is -2.29. The maximum absolute atomic E-state index is 12.3. The number of aromatic nitrogens is 1. The van der Waals surface area contributed by atoms with E-state index in [1.54, 1.807) is 18.3 Å². The summed E-state index contributed by atoms with van der Waals surface area (Å²) in [6.45, 7) is 1.57. The van der Waals surface area contributed by atoms with Gasteiger partial charge in [0.1, 0.15) is 5.56 Å². The largest absolute Gasteiger partial charge is 0.480 e. The van der Waals surface area contributed by atoms with E-state index >= 15 is 0 Å². The van der Waals surface area contributed by atoms with Crippen LogP contribution in [0, 0.1) is 5.92 Å². The number of hydrogen-bond donors (Lipinski definition) is 0. The van der Waals surface area contributed by atoms with Gasteiger partial charge in [-0.3, -0.25) is 4.79 Å². The molecule has 1 unspecified atom stereocenters. The summed E-state index contributed by atoms with van der Waals surface area (Å²) in [4.78, 5) is 18.3. The third kappa shape index (κ3) is 2.75. The van der Waals surface area contributed by atoms with Gasteiger partial charge < -0.3 is 9.64 Å². The van der Waals surface area contributed by atoms with Crippen LogP contribution in [0.3, 0.4) is 0 Å². The van der Waals surface area contributed by atoms with Crippen molar-refractivity contribution >= 4 is 17.5 Å². The first kappa shape index (κ1) is 13.1. The third-order valence-corrected chi connectivity index (χ3v) is 3.50. The van der Waals surface area contributed by atoms with E-state index in [0.29, 0.717) is 23.2 Å². The maximum atomic E-state index is 12.3. The standard InChI is InChI=1S/C13H17ClN2O2/c1-18-12-11(3-2-7-15-12)13(17)16-8-5-10(9-16)4-6-14/h2-3,7,10H,4-6,8-9H2,1H3. The average molecular weight is 269 g/mol. The number of carbonyl (C=O) groups is 1. The number of alkyl halides is 1. The molecule has 1 aromatic heterocycles. The number of hydrogen-bond acceptors (Lipinski definition) is 3. The number of amides is 1.